The molecular formula is C17H24N2. The Morgan fingerprint density at radius 3 is 2.68 bits per heavy atom. The van der Waals surface area contributed by atoms with Gasteiger partial charge in [-0.2, -0.15) is 0 Å². The molecule has 19 heavy (non-hydrogen) atoms. The van der Waals surface area contributed by atoms with Crippen molar-refractivity contribution in [1.29, 1.82) is 0 Å². The largest absolute Gasteiger partial charge is 0.309 e. The standard InChI is InChI=1S/C17H24N2/c1-4-13(2)11-14(3)18-12-16-10-9-15-7-5-6-8-17(15)19-16/h5-10,13-14,18H,4,11-12H2,1-3H3. The van der Waals surface area contributed by atoms with E-state index in [-0.39, 0.29) is 0 Å². The van der Waals surface area contributed by atoms with E-state index in [0.29, 0.717) is 6.04 Å². The van der Waals surface area contributed by atoms with Crippen LogP contribution in [0.1, 0.15) is 39.3 Å². The first-order valence-electron chi connectivity index (χ1n) is 7.27. The van der Waals surface area contributed by atoms with Crippen molar-refractivity contribution >= 4 is 10.9 Å². The van der Waals surface area contributed by atoms with Gasteiger partial charge in [-0.15, -0.1) is 0 Å². The molecule has 2 heteroatoms. The maximum Gasteiger partial charge on any atom is 0.0705 e. The second-order valence-corrected chi connectivity index (χ2v) is 5.53. The van der Waals surface area contributed by atoms with Crippen molar-refractivity contribution in [3.63, 3.8) is 0 Å². The number of nitrogens with one attached hydrogen (secondary N) is 1. The van der Waals surface area contributed by atoms with E-state index in [0.717, 1.165) is 23.7 Å². The molecule has 1 N–H and O–H groups in total. The SMILES string of the molecule is CCC(C)CC(C)NCc1ccc2ccccc2n1. The number of benzene rings is 1. The average Bonchev–Trinajstić information content (AvgIpc) is 2.44. The fourth-order valence-electron chi connectivity index (χ4n) is 2.34. The van der Waals surface area contributed by atoms with Crippen LogP contribution in [0.4, 0.5) is 0 Å². The van der Waals surface area contributed by atoms with E-state index < -0.39 is 0 Å². The Balaban J connectivity index is 1.94. The second kappa shape index (κ2) is 6.67. The normalized spacial score (nSPS) is 14.5. The van der Waals surface area contributed by atoms with Crippen LogP contribution >= 0.6 is 0 Å². The first kappa shape index (κ1) is 14.0. The highest BCUT2D eigenvalue weighted by Gasteiger charge is 2.07. The lowest BCUT2D eigenvalue weighted by atomic mass is 10.0. The van der Waals surface area contributed by atoms with E-state index in [2.05, 4.69) is 61.4 Å². The van der Waals surface area contributed by atoms with E-state index in [1.165, 1.54) is 18.2 Å². The van der Waals surface area contributed by atoms with Gasteiger partial charge in [-0.3, -0.25) is 4.98 Å². The summed E-state index contributed by atoms with van der Waals surface area (Å²) >= 11 is 0. The number of aromatic nitrogens is 1. The molecule has 1 aromatic heterocycles. The number of rotatable bonds is 6. The van der Waals surface area contributed by atoms with Crippen molar-refractivity contribution in [3.8, 4) is 0 Å². The van der Waals surface area contributed by atoms with E-state index >= 15 is 0 Å². The van der Waals surface area contributed by atoms with Crippen molar-refractivity contribution < 1.29 is 0 Å². The van der Waals surface area contributed by atoms with Crippen molar-refractivity contribution in [2.75, 3.05) is 0 Å². The molecule has 0 aliphatic carbocycles. The van der Waals surface area contributed by atoms with Crippen molar-refractivity contribution in [3.05, 3.63) is 42.1 Å². The van der Waals surface area contributed by atoms with Gasteiger partial charge in [-0.25, -0.2) is 0 Å². The molecule has 0 spiro atoms. The molecule has 2 rings (SSSR count). The van der Waals surface area contributed by atoms with Crippen molar-refractivity contribution in [2.45, 2.75) is 46.2 Å². The number of hydrogen-bond donors (Lipinski definition) is 1. The smallest absolute Gasteiger partial charge is 0.0705 e. The fraction of sp³-hybridized carbons (Fsp3) is 0.471. The van der Waals surface area contributed by atoms with Crippen molar-refractivity contribution in [1.82, 2.24) is 10.3 Å². The molecular weight excluding hydrogens is 232 g/mol. The van der Waals surface area contributed by atoms with Gasteiger partial charge in [0.1, 0.15) is 0 Å². The maximum absolute atomic E-state index is 4.68. The summed E-state index contributed by atoms with van der Waals surface area (Å²) in [6, 6.07) is 13.1. The van der Waals surface area contributed by atoms with Gasteiger partial charge in [0, 0.05) is 18.0 Å². The zero-order valence-corrected chi connectivity index (χ0v) is 12.2. The monoisotopic (exact) mass is 256 g/mol. The summed E-state index contributed by atoms with van der Waals surface area (Å²) in [7, 11) is 0. The quantitative estimate of drug-likeness (QED) is 0.840. The third-order valence-corrected chi connectivity index (χ3v) is 3.74. The Morgan fingerprint density at radius 2 is 1.89 bits per heavy atom. The van der Waals surface area contributed by atoms with E-state index in [9.17, 15) is 0 Å². The lowest BCUT2D eigenvalue weighted by Gasteiger charge is -2.17. The highest BCUT2D eigenvalue weighted by Crippen LogP contribution is 2.13. The Morgan fingerprint density at radius 1 is 1.11 bits per heavy atom. The molecule has 0 fully saturated rings. The van der Waals surface area contributed by atoms with E-state index in [1.807, 2.05) is 6.07 Å². The van der Waals surface area contributed by atoms with Crippen LogP contribution in [0.3, 0.4) is 0 Å². The first-order chi connectivity index (χ1) is 9.19. The number of nitrogens with zero attached hydrogens (tertiary/aromatic N) is 1. The lowest BCUT2D eigenvalue weighted by molar-refractivity contribution is 0.410. The zero-order valence-electron chi connectivity index (χ0n) is 12.2. The molecule has 0 saturated heterocycles. The molecule has 2 atom stereocenters. The molecule has 102 valence electrons. The minimum atomic E-state index is 0.545. The summed E-state index contributed by atoms with van der Waals surface area (Å²) in [4.78, 5) is 4.68. The predicted octanol–water partition coefficient (Wildman–Crippen LogP) is 4.15. The molecule has 0 aliphatic rings. The van der Waals surface area contributed by atoms with Gasteiger partial charge >= 0.3 is 0 Å². The van der Waals surface area contributed by atoms with Crippen molar-refractivity contribution in [2.24, 2.45) is 5.92 Å². The third-order valence-electron chi connectivity index (χ3n) is 3.74. The summed E-state index contributed by atoms with van der Waals surface area (Å²) in [5.41, 5.74) is 2.20. The lowest BCUT2D eigenvalue weighted by Crippen LogP contribution is -2.27. The van der Waals surface area contributed by atoms with E-state index in [4.69, 9.17) is 0 Å². The van der Waals surface area contributed by atoms with Gasteiger partial charge in [0.25, 0.3) is 0 Å². The van der Waals surface area contributed by atoms with Crippen LogP contribution in [0.5, 0.6) is 0 Å². The van der Waals surface area contributed by atoms with Crippen LogP contribution in [0.15, 0.2) is 36.4 Å². The predicted molar refractivity (Wildman–Crippen MR) is 82.1 cm³/mol. The Hall–Kier alpha value is -1.41. The average molecular weight is 256 g/mol. The van der Waals surface area contributed by atoms with Crippen LogP contribution in [0, 0.1) is 5.92 Å². The van der Waals surface area contributed by atoms with E-state index in [1.54, 1.807) is 0 Å². The number of para-hydroxylation sites is 1. The first-order valence-corrected chi connectivity index (χ1v) is 7.27. The van der Waals surface area contributed by atoms with Crippen LogP contribution in [-0.2, 0) is 6.54 Å². The Labute approximate surface area is 116 Å². The van der Waals surface area contributed by atoms with Gasteiger partial charge in [0.05, 0.1) is 11.2 Å². The number of fused-ring (bicyclic) bond motifs is 1. The zero-order chi connectivity index (χ0) is 13.7. The number of pyridine rings is 1. The summed E-state index contributed by atoms with van der Waals surface area (Å²) in [5.74, 6) is 0.784. The van der Waals surface area contributed by atoms with Gasteiger partial charge in [-0.1, -0.05) is 44.5 Å². The van der Waals surface area contributed by atoms with Crippen LogP contribution in [0.25, 0.3) is 10.9 Å². The molecule has 0 aliphatic heterocycles. The third kappa shape index (κ3) is 4.03. The molecule has 1 aromatic carbocycles. The van der Waals surface area contributed by atoms with Gasteiger partial charge in [0.15, 0.2) is 0 Å². The molecule has 0 saturated carbocycles. The number of hydrogen-bond acceptors (Lipinski definition) is 2. The second-order valence-electron chi connectivity index (χ2n) is 5.53. The Bertz CT molecular complexity index is 521. The molecule has 2 unspecified atom stereocenters. The topological polar surface area (TPSA) is 24.9 Å². The minimum absolute atomic E-state index is 0.545. The molecule has 0 bridgehead atoms. The molecule has 1 heterocycles. The Kier molecular flexibility index (Phi) is 4.92. The molecule has 0 amide bonds. The fourth-order valence-corrected chi connectivity index (χ4v) is 2.34. The molecule has 0 radical (unpaired) electrons. The molecule has 2 nitrogen and oxygen atoms in total. The van der Waals surface area contributed by atoms with Crippen LogP contribution in [0.2, 0.25) is 0 Å². The highest BCUT2D eigenvalue weighted by molar-refractivity contribution is 5.78. The highest BCUT2D eigenvalue weighted by atomic mass is 14.9. The molecule has 2 aromatic rings. The summed E-state index contributed by atoms with van der Waals surface area (Å²) in [6.45, 7) is 7.67. The van der Waals surface area contributed by atoms with Crippen LogP contribution in [-0.4, -0.2) is 11.0 Å². The maximum atomic E-state index is 4.68. The minimum Gasteiger partial charge on any atom is -0.309 e. The van der Waals surface area contributed by atoms with Crippen LogP contribution < -0.4 is 5.32 Å². The van der Waals surface area contributed by atoms with Gasteiger partial charge in [-0.05, 0) is 31.4 Å². The van der Waals surface area contributed by atoms with Gasteiger partial charge < -0.3 is 5.32 Å². The summed E-state index contributed by atoms with van der Waals surface area (Å²) in [5, 5.41) is 4.77. The van der Waals surface area contributed by atoms with Gasteiger partial charge in [0.2, 0.25) is 0 Å². The summed E-state index contributed by atoms with van der Waals surface area (Å²) in [6.07, 6.45) is 2.48. The summed E-state index contributed by atoms with van der Waals surface area (Å²) < 4.78 is 0.